The lowest BCUT2D eigenvalue weighted by Gasteiger charge is -2.04. The van der Waals surface area contributed by atoms with Crippen molar-refractivity contribution in [2.24, 2.45) is 5.92 Å². The van der Waals surface area contributed by atoms with E-state index >= 15 is 0 Å². The fourth-order valence-corrected chi connectivity index (χ4v) is 0.750. The highest BCUT2D eigenvalue weighted by Gasteiger charge is 2.04. The molecule has 1 radical (unpaired) electrons. The van der Waals surface area contributed by atoms with Crippen LogP contribution in [0.3, 0.4) is 0 Å². The van der Waals surface area contributed by atoms with Crippen LogP contribution in [-0.4, -0.2) is 18.9 Å². The van der Waals surface area contributed by atoms with Gasteiger partial charge in [-0.1, -0.05) is 20.8 Å². The van der Waals surface area contributed by atoms with Crippen LogP contribution in [0.1, 0.15) is 26.7 Å². The third kappa shape index (κ3) is 6.05. The molecular weight excluding hydrogens is 138 g/mol. The molecule has 0 aliphatic carbocycles. The zero-order valence-electron chi connectivity index (χ0n) is 7.52. The van der Waals surface area contributed by atoms with Crippen molar-refractivity contribution in [2.45, 2.75) is 26.7 Å². The smallest absolute Gasteiger partial charge is 0.136 e. The van der Waals surface area contributed by atoms with Gasteiger partial charge in [0, 0.05) is 18.9 Å². The van der Waals surface area contributed by atoms with Gasteiger partial charge in [0.2, 0.25) is 0 Å². The molecule has 0 bridgehead atoms. The van der Waals surface area contributed by atoms with E-state index in [0.29, 0.717) is 12.2 Å². The quantitative estimate of drug-likeness (QED) is 0.589. The lowest BCUT2D eigenvalue weighted by atomic mass is 10.1. The second kappa shape index (κ2) is 6.35. The predicted molar refractivity (Wildman–Crippen MR) is 47.3 cm³/mol. The Kier molecular flexibility index (Phi) is 6.13. The molecular formula is C9H18NO. The molecule has 2 nitrogen and oxygen atoms in total. The monoisotopic (exact) mass is 156 g/mol. The number of Topliss-reactive ketones (excluding diaryl/α,β-unsaturated/α-hetero) is 1. The molecule has 0 unspecified atom stereocenters. The molecule has 65 valence electrons. The van der Waals surface area contributed by atoms with E-state index in [1.165, 1.54) is 0 Å². The first-order valence-electron chi connectivity index (χ1n) is 4.21. The van der Waals surface area contributed by atoms with Crippen LogP contribution >= 0.6 is 0 Å². The van der Waals surface area contributed by atoms with Crippen LogP contribution in [0.5, 0.6) is 0 Å². The van der Waals surface area contributed by atoms with Crippen molar-refractivity contribution in [3.63, 3.8) is 0 Å². The summed E-state index contributed by atoms with van der Waals surface area (Å²) in [5.74, 6) is 0.512. The lowest BCUT2D eigenvalue weighted by Crippen LogP contribution is -2.20. The Labute approximate surface area is 69.4 Å². The van der Waals surface area contributed by atoms with Gasteiger partial charge in [0.25, 0.3) is 0 Å². The molecule has 0 fully saturated rings. The number of rotatable bonds is 6. The van der Waals surface area contributed by atoms with Gasteiger partial charge in [0.05, 0.1) is 0 Å². The van der Waals surface area contributed by atoms with Crippen molar-refractivity contribution in [3.8, 4) is 0 Å². The molecule has 0 rings (SSSR count). The fourth-order valence-electron chi connectivity index (χ4n) is 0.750. The van der Waals surface area contributed by atoms with Crippen LogP contribution in [0.2, 0.25) is 0 Å². The van der Waals surface area contributed by atoms with E-state index in [4.69, 9.17) is 0 Å². The van der Waals surface area contributed by atoms with E-state index in [-0.39, 0.29) is 5.92 Å². The first-order chi connectivity index (χ1) is 5.18. The zero-order chi connectivity index (χ0) is 8.69. The van der Waals surface area contributed by atoms with E-state index < -0.39 is 0 Å². The molecule has 0 amide bonds. The van der Waals surface area contributed by atoms with Crippen molar-refractivity contribution in [2.75, 3.05) is 13.1 Å². The number of hydrogen-bond donors (Lipinski definition) is 1. The summed E-state index contributed by atoms with van der Waals surface area (Å²) in [6.07, 6.45) is 1.54. The SMILES string of the molecule is [CH2]CCNCCC(=O)C(C)C. The topological polar surface area (TPSA) is 29.1 Å². The van der Waals surface area contributed by atoms with Gasteiger partial charge in [0.1, 0.15) is 5.78 Å². The highest BCUT2D eigenvalue weighted by atomic mass is 16.1. The Morgan fingerprint density at radius 3 is 2.55 bits per heavy atom. The van der Waals surface area contributed by atoms with Gasteiger partial charge >= 0.3 is 0 Å². The normalized spacial score (nSPS) is 10.5. The highest BCUT2D eigenvalue weighted by Crippen LogP contribution is 1.96. The summed E-state index contributed by atoms with van der Waals surface area (Å²) >= 11 is 0. The van der Waals surface area contributed by atoms with Gasteiger partial charge in [-0.3, -0.25) is 4.79 Å². The molecule has 0 atom stereocenters. The van der Waals surface area contributed by atoms with Crippen molar-refractivity contribution in [3.05, 3.63) is 6.92 Å². The van der Waals surface area contributed by atoms with Gasteiger partial charge in [0.15, 0.2) is 0 Å². The Morgan fingerprint density at radius 2 is 2.09 bits per heavy atom. The van der Waals surface area contributed by atoms with Crippen LogP contribution in [0, 0.1) is 12.8 Å². The molecule has 0 aliphatic rings. The number of carbonyl (C=O) groups is 1. The second-order valence-corrected chi connectivity index (χ2v) is 2.97. The number of ketones is 1. The van der Waals surface area contributed by atoms with Crippen molar-refractivity contribution < 1.29 is 4.79 Å². The van der Waals surface area contributed by atoms with E-state index in [1.54, 1.807) is 0 Å². The number of hydrogen-bond acceptors (Lipinski definition) is 2. The summed E-state index contributed by atoms with van der Waals surface area (Å²) < 4.78 is 0. The summed E-state index contributed by atoms with van der Waals surface area (Å²) in [5, 5.41) is 3.14. The summed E-state index contributed by atoms with van der Waals surface area (Å²) in [4.78, 5) is 11.1. The summed E-state index contributed by atoms with van der Waals surface area (Å²) in [6, 6.07) is 0. The predicted octanol–water partition coefficient (Wildman–Crippen LogP) is 1.42. The molecule has 1 N–H and O–H groups in total. The zero-order valence-corrected chi connectivity index (χ0v) is 7.52. The van der Waals surface area contributed by atoms with Crippen molar-refractivity contribution >= 4 is 5.78 Å². The lowest BCUT2D eigenvalue weighted by molar-refractivity contribution is -0.121. The minimum absolute atomic E-state index is 0.177. The maximum atomic E-state index is 11.1. The minimum atomic E-state index is 0.177. The van der Waals surface area contributed by atoms with Gasteiger partial charge in [-0.2, -0.15) is 0 Å². The van der Waals surface area contributed by atoms with Crippen molar-refractivity contribution in [1.29, 1.82) is 0 Å². The third-order valence-electron chi connectivity index (χ3n) is 1.55. The molecule has 0 aromatic heterocycles. The molecule has 0 aromatic rings. The van der Waals surface area contributed by atoms with Crippen LogP contribution in [0.25, 0.3) is 0 Å². The fraction of sp³-hybridized carbons (Fsp3) is 0.778. The number of carbonyl (C=O) groups excluding carboxylic acids is 1. The van der Waals surface area contributed by atoms with Crippen LogP contribution in [0.4, 0.5) is 0 Å². The van der Waals surface area contributed by atoms with Crippen LogP contribution in [0.15, 0.2) is 0 Å². The largest absolute Gasteiger partial charge is 0.316 e. The average molecular weight is 156 g/mol. The Morgan fingerprint density at radius 1 is 1.45 bits per heavy atom. The molecule has 0 aliphatic heterocycles. The van der Waals surface area contributed by atoms with Gasteiger partial charge in [-0.05, 0) is 13.0 Å². The van der Waals surface area contributed by atoms with Crippen LogP contribution in [-0.2, 0) is 4.79 Å². The first kappa shape index (κ1) is 10.6. The maximum absolute atomic E-state index is 11.1. The highest BCUT2D eigenvalue weighted by molar-refractivity contribution is 5.80. The number of nitrogens with one attached hydrogen (secondary N) is 1. The van der Waals surface area contributed by atoms with Gasteiger partial charge in [-0.15, -0.1) is 0 Å². The van der Waals surface area contributed by atoms with Crippen molar-refractivity contribution in [1.82, 2.24) is 5.32 Å². The van der Waals surface area contributed by atoms with Crippen LogP contribution < -0.4 is 5.32 Å². The molecule has 2 heteroatoms. The summed E-state index contributed by atoms with van der Waals surface area (Å²) in [5.41, 5.74) is 0. The first-order valence-corrected chi connectivity index (χ1v) is 4.21. The third-order valence-corrected chi connectivity index (χ3v) is 1.55. The van der Waals surface area contributed by atoms with Gasteiger partial charge in [-0.25, -0.2) is 0 Å². The minimum Gasteiger partial charge on any atom is -0.316 e. The Balaban J connectivity index is 3.18. The molecule has 0 heterocycles. The molecule has 0 spiro atoms. The maximum Gasteiger partial charge on any atom is 0.136 e. The molecule has 0 aromatic carbocycles. The van der Waals surface area contributed by atoms with E-state index in [9.17, 15) is 4.79 Å². The van der Waals surface area contributed by atoms with E-state index in [2.05, 4.69) is 12.2 Å². The average Bonchev–Trinajstić information content (AvgIpc) is 1.97. The van der Waals surface area contributed by atoms with E-state index in [1.807, 2.05) is 13.8 Å². The summed E-state index contributed by atoms with van der Waals surface area (Å²) in [7, 11) is 0. The second-order valence-electron chi connectivity index (χ2n) is 2.97. The Hall–Kier alpha value is -0.370. The summed E-state index contributed by atoms with van der Waals surface area (Å²) in [6.45, 7) is 9.26. The Bertz CT molecular complexity index is 110. The molecule has 0 saturated heterocycles. The standard InChI is InChI=1S/C9H18NO/c1-4-6-10-7-5-9(11)8(2)3/h8,10H,1,4-7H2,2-3H3. The molecule has 11 heavy (non-hydrogen) atoms. The van der Waals surface area contributed by atoms with Gasteiger partial charge < -0.3 is 5.32 Å². The molecule has 0 saturated carbocycles. The van der Waals surface area contributed by atoms with E-state index in [0.717, 1.165) is 19.5 Å².